The first kappa shape index (κ1) is 13.3. The number of halogens is 1. The molecular formula is C15H21IO. The Morgan fingerprint density at radius 2 is 1.88 bits per heavy atom. The van der Waals surface area contributed by atoms with Crippen molar-refractivity contribution in [1.82, 2.24) is 0 Å². The number of hydrogen-bond donors (Lipinski definition) is 1. The molecule has 3 unspecified atom stereocenters. The molecule has 1 fully saturated rings. The molecule has 1 aromatic rings. The van der Waals surface area contributed by atoms with E-state index in [-0.39, 0.29) is 0 Å². The minimum absolute atomic E-state index is 0.409. The quantitative estimate of drug-likeness (QED) is 0.792. The van der Waals surface area contributed by atoms with E-state index in [1.165, 1.54) is 16.4 Å². The second kappa shape index (κ2) is 5.27. The summed E-state index contributed by atoms with van der Waals surface area (Å²) in [4.78, 5) is 0. The second-order valence-corrected chi connectivity index (χ2v) is 6.87. The summed E-state index contributed by atoms with van der Waals surface area (Å²) in [6.45, 7) is 4.29. The lowest BCUT2D eigenvalue weighted by Gasteiger charge is -2.38. The predicted molar refractivity (Wildman–Crippen MR) is 79.9 cm³/mol. The monoisotopic (exact) mass is 344 g/mol. The summed E-state index contributed by atoms with van der Waals surface area (Å²) in [6, 6.07) is 8.30. The summed E-state index contributed by atoms with van der Waals surface area (Å²) in [5.74, 6) is 1.16. The fourth-order valence-corrected chi connectivity index (χ4v) is 3.33. The van der Waals surface area contributed by atoms with Crippen LogP contribution in [0.3, 0.4) is 0 Å². The van der Waals surface area contributed by atoms with Crippen molar-refractivity contribution in [3.8, 4) is 0 Å². The third-order valence-corrected chi connectivity index (χ3v) is 4.88. The SMILES string of the molecule is CC1CCCC(C(C)(O)c2ccc(I)cc2)C1. The molecule has 1 N–H and O–H groups in total. The van der Waals surface area contributed by atoms with Gasteiger partial charge in [-0.05, 0) is 71.9 Å². The Balaban J connectivity index is 2.19. The highest BCUT2D eigenvalue weighted by Crippen LogP contribution is 2.41. The molecule has 1 aliphatic rings. The molecule has 17 heavy (non-hydrogen) atoms. The van der Waals surface area contributed by atoms with Crippen LogP contribution in [0.1, 0.15) is 45.1 Å². The van der Waals surface area contributed by atoms with Gasteiger partial charge in [-0.2, -0.15) is 0 Å². The Bertz CT molecular complexity index is 369. The number of benzene rings is 1. The van der Waals surface area contributed by atoms with E-state index in [2.05, 4.69) is 53.8 Å². The largest absolute Gasteiger partial charge is 0.385 e. The second-order valence-electron chi connectivity index (χ2n) is 5.62. The highest BCUT2D eigenvalue weighted by molar-refractivity contribution is 14.1. The lowest BCUT2D eigenvalue weighted by atomic mass is 9.71. The maximum Gasteiger partial charge on any atom is 0.0896 e. The van der Waals surface area contributed by atoms with Gasteiger partial charge in [0.05, 0.1) is 5.60 Å². The van der Waals surface area contributed by atoms with Crippen LogP contribution < -0.4 is 0 Å². The molecule has 94 valence electrons. The molecule has 2 heteroatoms. The Kier molecular flexibility index (Phi) is 4.14. The van der Waals surface area contributed by atoms with Gasteiger partial charge in [0.2, 0.25) is 0 Å². The molecule has 3 atom stereocenters. The summed E-state index contributed by atoms with van der Waals surface area (Å²) < 4.78 is 1.22. The topological polar surface area (TPSA) is 20.2 Å². The zero-order valence-corrected chi connectivity index (χ0v) is 12.8. The fraction of sp³-hybridized carbons (Fsp3) is 0.600. The van der Waals surface area contributed by atoms with E-state index >= 15 is 0 Å². The highest BCUT2D eigenvalue weighted by Gasteiger charge is 2.35. The van der Waals surface area contributed by atoms with Crippen molar-refractivity contribution in [3.63, 3.8) is 0 Å². The van der Waals surface area contributed by atoms with E-state index in [0.717, 1.165) is 24.3 Å². The zero-order valence-electron chi connectivity index (χ0n) is 10.6. The third kappa shape index (κ3) is 3.02. The smallest absolute Gasteiger partial charge is 0.0896 e. The summed E-state index contributed by atoms with van der Waals surface area (Å²) in [5.41, 5.74) is 0.399. The van der Waals surface area contributed by atoms with Gasteiger partial charge in [-0.25, -0.2) is 0 Å². The molecule has 1 aliphatic carbocycles. The van der Waals surface area contributed by atoms with E-state index in [4.69, 9.17) is 0 Å². The molecule has 0 heterocycles. The summed E-state index contributed by atoms with van der Waals surface area (Å²) >= 11 is 2.30. The first-order chi connectivity index (χ1) is 8.00. The Hall–Kier alpha value is -0.0900. The van der Waals surface area contributed by atoms with Gasteiger partial charge in [-0.15, -0.1) is 0 Å². The minimum atomic E-state index is -0.668. The van der Waals surface area contributed by atoms with Crippen LogP contribution in [-0.2, 0) is 5.60 Å². The Labute approximate surface area is 118 Å². The first-order valence-corrected chi connectivity index (χ1v) is 7.56. The zero-order chi connectivity index (χ0) is 12.5. The average molecular weight is 344 g/mol. The van der Waals surface area contributed by atoms with Crippen LogP contribution in [0, 0.1) is 15.4 Å². The van der Waals surface area contributed by atoms with Gasteiger partial charge >= 0.3 is 0 Å². The average Bonchev–Trinajstić information content (AvgIpc) is 2.29. The van der Waals surface area contributed by atoms with Gasteiger partial charge in [-0.3, -0.25) is 0 Å². The van der Waals surface area contributed by atoms with Gasteiger partial charge in [0.25, 0.3) is 0 Å². The highest BCUT2D eigenvalue weighted by atomic mass is 127. The van der Waals surface area contributed by atoms with Gasteiger partial charge in [0.15, 0.2) is 0 Å². The van der Waals surface area contributed by atoms with E-state index in [1.54, 1.807) is 0 Å². The maximum atomic E-state index is 10.8. The van der Waals surface area contributed by atoms with Gasteiger partial charge in [0.1, 0.15) is 0 Å². The van der Waals surface area contributed by atoms with E-state index in [1.807, 2.05) is 6.92 Å². The predicted octanol–water partition coefficient (Wildman–Crippen LogP) is 4.33. The van der Waals surface area contributed by atoms with Crippen LogP contribution >= 0.6 is 22.6 Å². The van der Waals surface area contributed by atoms with Crippen LogP contribution in [0.2, 0.25) is 0 Å². The number of hydrogen-bond acceptors (Lipinski definition) is 1. The van der Waals surface area contributed by atoms with Crippen LogP contribution in [0.25, 0.3) is 0 Å². The summed E-state index contributed by atoms with van der Waals surface area (Å²) in [5, 5.41) is 10.8. The normalized spacial score (nSPS) is 28.7. The van der Waals surface area contributed by atoms with Crippen LogP contribution in [0.4, 0.5) is 0 Å². The van der Waals surface area contributed by atoms with Gasteiger partial charge in [0, 0.05) is 3.57 Å². The lowest BCUT2D eigenvalue weighted by molar-refractivity contribution is -0.0294. The molecule has 1 aromatic carbocycles. The number of rotatable bonds is 2. The van der Waals surface area contributed by atoms with Crippen molar-refractivity contribution in [1.29, 1.82) is 0 Å². The molecule has 0 amide bonds. The van der Waals surface area contributed by atoms with E-state index < -0.39 is 5.60 Å². The van der Waals surface area contributed by atoms with Crippen LogP contribution in [0.15, 0.2) is 24.3 Å². The molecule has 0 radical (unpaired) electrons. The molecular weight excluding hydrogens is 323 g/mol. The molecule has 2 rings (SSSR count). The summed E-state index contributed by atoms with van der Waals surface area (Å²) in [6.07, 6.45) is 4.88. The molecule has 0 aliphatic heterocycles. The fourth-order valence-electron chi connectivity index (χ4n) is 2.97. The van der Waals surface area contributed by atoms with Crippen molar-refractivity contribution in [2.75, 3.05) is 0 Å². The molecule has 0 spiro atoms. The van der Waals surface area contributed by atoms with Gasteiger partial charge in [-0.1, -0.05) is 31.9 Å². The van der Waals surface area contributed by atoms with Crippen molar-refractivity contribution in [2.24, 2.45) is 11.8 Å². The Morgan fingerprint density at radius 3 is 2.47 bits per heavy atom. The molecule has 1 nitrogen and oxygen atoms in total. The molecule has 0 aromatic heterocycles. The molecule has 1 saturated carbocycles. The Morgan fingerprint density at radius 1 is 1.24 bits per heavy atom. The van der Waals surface area contributed by atoms with Gasteiger partial charge < -0.3 is 5.11 Å². The van der Waals surface area contributed by atoms with Crippen molar-refractivity contribution in [3.05, 3.63) is 33.4 Å². The standard InChI is InChI=1S/C15H21IO/c1-11-4-3-5-13(10-11)15(2,17)12-6-8-14(16)9-7-12/h6-9,11,13,17H,3-5,10H2,1-2H3. The lowest BCUT2D eigenvalue weighted by Crippen LogP contribution is -2.35. The molecule has 0 bridgehead atoms. The van der Waals surface area contributed by atoms with Crippen molar-refractivity contribution < 1.29 is 5.11 Å². The van der Waals surface area contributed by atoms with Crippen LogP contribution in [0.5, 0.6) is 0 Å². The van der Waals surface area contributed by atoms with E-state index in [9.17, 15) is 5.11 Å². The third-order valence-electron chi connectivity index (χ3n) is 4.16. The first-order valence-electron chi connectivity index (χ1n) is 6.48. The molecule has 0 saturated heterocycles. The van der Waals surface area contributed by atoms with E-state index in [0.29, 0.717) is 5.92 Å². The van der Waals surface area contributed by atoms with Crippen LogP contribution in [-0.4, -0.2) is 5.11 Å². The number of aliphatic hydroxyl groups is 1. The summed E-state index contributed by atoms with van der Waals surface area (Å²) in [7, 11) is 0. The maximum absolute atomic E-state index is 10.8. The minimum Gasteiger partial charge on any atom is -0.385 e. The van der Waals surface area contributed by atoms with Crippen molar-refractivity contribution in [2.45, 2.75) is 45.1 Å². The van der Waals surface area contributed by atoms with Crippen molar-refractivity contribution >= 4 is 22.6 Å².